The van der Waals surface area contributed by atoms with Crippen molar-refractivity contribution in [3.8, 4) is 23.6 Å². The molecule has 39 heavy (non-hydrogen) atoms. The average molecular weight is 550 g/mol. The van der Waals surface area contributed by atoms with Gasteiger partial charge in [0.25, 0.3) is 5.56 Å². The molecule has 1 saturated heterocycles. The van der Waals surface area contributed by atoms with Gasteiger partial charge in [-0.05, 0) is 19.1 Å². The predicted octanol–water partition coefficient (Wildman–Crippen LogP) is 1.95. The van der Waals surface area contributed by atoms with E-state index >= 15 is 0 Å². The van der Waals surface area contributed by atoms with Crippen LogP contribution in [0, 0.1) is 11.8 Å². The SMILES string of the molecule is CC#CCn1c(N2CCNCC2)nc2nc(Oc3ccccc3NC(C)=O)n(C)c(=O)c21.O=C(O)C(F)(F)F. The van der Waals surface area contributed by atoms with E-state index in [1.54, 1.807) is 38.2 Å². The number of carboxylic acids is 1. The first kappa shape index (κ1) is 29.0. The Balaban J connectivity index is 0.000000532. The highest BCUT2D eigenvalue weighted by atomic mass is 19.4. The van der Waals surface area contributed by atoms with Gasteiger partial charge in [-0.1, -0.05) is 18.1 Å². The van der Waals surface area contributed by atoms with Crippen molar-refractivity contribution in [1.29, 1.82) is 0 Å². The van der Waals surface area contributed by atoms with E-state index in [1.165, 1.54) is 11.5 Å². The van der Waals surface area contributed by atoms with Crippen LogP contribution in [0.5, 0.6) is 11.8 Å². The van der Waals surface area contributed by atoms with Crippen molar-refractivity contribution in [1.82, 2.24) is 24.4 Å². The first-order valence-electron chi connectivity index (χ1n) is 11.6. The zero-order valence-electron chi connectivity index (χ0n) is 21.3. The minimum Gasteiger partial charge on any atom is -0.475 e. The number of rotatable bonds is 5. The minimum atomic E-state index is -5.08. The molecule has 0 saturated carbocycles. The minimum absolute atomic E-state index is 0.0818. The number of nitrogens with zero attached hydrogens (tertiary/aromatic N) is 5. The van der Waals surface area contributed by atoms with Crippen LogP contribution in [0.15, 0.2) is 29.1 Å². The number of ether oxygens (including phenoxy) is 1. The van der Waals surface area contributed by atoms with Gasteiger partial charge in [-0.3, -0.25) is 18.7 Å². The summed E-state index contributed by atoms with van der Waals surface area (Å²) < 4.78 is 40.8. The molecule has 1 fully saturated rings. The molecule has 12 nitrogen and oxygen atoms in total. The number of benzene rings is 1. The third-order valence-electron chi connectivity index (χ3n) is 5.38. The number of halogens is 3. The molecule has 1 amide bonds. The molecular formula is C24H26F3N7O5. The Kier molecular flexibility index (Phi) is 9.15. The second-order valence-electron chi connectivity index (χ2n) is 8.17. The lowest BCUT2D eigenvalue weighted by atomic mass is 10.3. The van der Waals surface area contributed by atoms with E-state index in [0.717, 1.165) is 26.2 Å². The Bertz CT molecular complexity index is 1480. The van der Waals surface area contributed by atoms with Gasteiger partial charge in [0.15, 0.2) is 16.9 Å². The molecule has 208 valence electrons. The lowest BCUT2D eigenvalue weighted by Gasteiger charge is -2.28. The van der Waals surface area contributed by atoms with Crippen molar-refractivity contribution < 1.29 is 32.6 Å². The number of carbonyl (C=O) groups is 2. The smallest absolute Gasteiger partial charge is 0.475 e. The van der Waals surface area contributed by atoms with Gasteiger partial charge in [0.1, 0.15) is 0 Å². The normalized spacial score (nSPS) is 13.1. The summed E-state index contributed by atoms with van der Waals surface area (Å²) in [5.41, 5.74) is 0.881. The van der Waals surface area contributed by atoms with Crippen molar-refractivity contribution >= 4 is 34.7 Å². The molecule has 3 aromatic rings. The number of imidazole rings is 1. The molecule has 1 aromatic carbocycles. The molecule has 1 aliphatic rings. The molecule has 0 unspecified atom stereocenters. The maximum absolute atomic E-state index is 13.3. The Morgan fingerprint density at radius 3 is 2.44 bits per heavy atom. The van der Waals surface area contributed by atoms with Crippen LogP contribution in [0.25, 0.3) is 11.2 Å². The van der Waals surface area contributed by atoms with E-state index in [-0.39, 0.29) is 17.5 Å². The van der Waals surface area contributed by atoms with Gasteiger partial charge in [-0.2, -0.15) is 23.1 Å². The van der Waals surface area contributed by atoms with Crippen LogP contribution in [0.1, 0.15) is 13.8 Å². The maximum Gasteiger partial charge on any atom is 0.490 e. The summed E-state index contributed by atoms with van der Waals surface area (Å²) in [5.74, 6) is 3.98. The van der Waals surface area contributed by atoms with Crippen LogP contribution >= 0.6 is 0 Å². The largest absolute Gasteiger partial charge is 0.490 e. The summed E-state index contributed by atoms with van der Waals surface area (Å²) in [5, 5.41) is 13.2. The highest BCUT2D eigenvalue weighted by Gasteiger charge is 2.38. The molecule has 0 atom stereocenters. The fourth-order valence-electron chi connectivity index (χ4n) is 3.58. The van der Waals surface area contributed by atoms with E-state index in [2.05, 4.69) is 37.3 Å². The van der Waals surface area contributed by atoms with Crippen molar-refractivity contribution in [3.05, 3.63) is 34.6 Å². The van der Waals surface area contributed by atoms with Gasteiger partial charge >= 0.3 is 18.2 Å². The third kappa shape index (κ3) is 7.05. The standard InChI is InChI=1S/C22H25N7O3.C2HF3O2/c1-4-5-12-29-18-19(25-21(29)28-13-10-23-11-14-28)26-22(27(3)20(18)31)32-17-9-7-6-8-16(17)24-15(2)30;3-2(4,5)1(6)7/h6-9,23H,10-14H2,1-3H3,(H,24,30);(H,6,7). The van der Waals surface area contributed by atoms with Crippen molar-refractivity contribution in [3.63, 3.8) is 0 Å². The number of piperazine rings is 1. The molecule has 4 rings (SSSR count). The zero-order chi connectivity index (χ0) is 28.7. The van der Waals surface area contributed by atoms with E-state index in [1.807, 2.05) is 4.57 Å². The summed E-state index contributed by atoms with van der Waals surface area (Å²) in [6.45, 7) is 6.74. The number of hydrogen-bond donors (Lipinski definition) is 3. The van der Waals surface area contributed by atoms with E-state index in [0.29, 0.717) is 35.1 Å². The highest BCUT2D eigenvalue weighted by molar-refractivity contribution is 5.90. The number of hydrogen-bond acceptors (Lipinski definition) is 8. The number of aromatic nitrogens is 4. The first-order chi connectivity index (χ1) is 18.4. The highest BCUT2D eigenvalue weighted by Crippen LogP contribution is 2.29. The van der Waals surface area contributed by atoms with Gasteiger partial charge < -0.3 is 25.4 Å². The maximum atomic E-state index is 13.3. The molecule has 2 aromatic heterocycles. The fourth-order valence-corrected chi connectivity index (χ4v) is 3.58. The second-order valence-corrected chi connectivity index (χ2v) is 8.17. The molecule has 1 aliphatic heterocycles. The topological polar surface area (TPSA) is 144 Å². The van der Waals surface area contributed by atoms with Crippen LogP contribution in [-0.4, -0.2) is 68.4 Å². The molecular weight excluding hydrogens is 523 g/mol. The molecule has 3 N–H and O–H groups in total. The Morgan fingerprint density at radius 1 is 1.21 bits per heavy atom. The van der Waals surface area contributed by atoms with E-state index in [4.69, 9.17) is 14.6 Å². The Morgan fingerprint density at radius 2 is 1.85 bits per heavy atom. The van der Waals surface area contributed by atoms with Crippen LogP contribution in [0.4, 0.5) is 24.8 Å². The summed E-state index contributed by atoms with van der Waals surface area (Å²) in [4.78, 5) is 45.1. The van der Waals surface area contributed by atoms with Gasteiger partial charge in [-0.15, -0.1) is 5.92 Å². The summed E-state index contributed by atoms with van der Waals surface area (Å²) >= 11 is 0. The van der Waals surface area contributed by atoms with Crippen molar-refractivity contribution in [2.75, 3.05) is 36.4 Å². The van der Waals surface area contributed by atoms with Crippen molar-refractivity contribution in [2.24, 2.45) is 7.05 Å². The molecule has 0 aliphatic carbocycles. The van der Waals surface area contributed by atoms with Gasteiger partial charge in [0.2, 0.25) is 11.9 Å². The van der Waals surface area contributed by atoms with Crippen LogP contribution in [0.3, 0.4) is 0 Å². The van der Waals surface area contributed by atoms with E-state index < -0.39 is 12.1 Å². The van der Waals surface area contributed by atoms with E-state index in [9.17, 15) is 22.8 Å². The van der Waals surface area contributed by atoms with Gasteiger partial charge in [0.05, 0.1) is 12.2 Å². The predicted molar refractivity (Wildman–Crippen MR) is 136 cm³/mol. The number of carboxylic acid groups (broad SMARTS) is 1. The number of fused-ring (bicyclic) bond motifs is 1. The monoisotopic (exact) mass is 549 g/mol. The number of anilines is 2. The summed E-state index contributed by atoms with van der Waals surface area (Å²) in [6.07, 6.45) is -5.08. The summed E-state index contributed by atoms with van der Waals surface area (Å²) in [6, 6.07) is 7.05. The van der Waals surface area contributed by atoms with Crippen LogP contribution in [0.2, 0.25) is 0 Å². The summed E-state index contributed by atoms with van der Waals surface area (Å²) in [7, 11) is 1.60. The second kappa shape index (κ2) is 12.3. The number of amides is 1. The first-order valence-corrected chi connectivity index (χ1v) is 11.6. The lowest BCUT2D eigenvalue weighted by Crippen LogP contribution is -2.44. The number of carbonyl (C=O) groups excluding carboxylic acids is 1. The number of alkyl halides is 3. The Hall–Kier alpha value is -4.58. The molecule has 0 radical (unpaired) electrons. The zero-order valence-corrected chi connectivity index (χ0v) is 21.3. The fraction of sp³-hybridized carbons (Fsp3) is 0.375. The number of nitrogens with one attached hydrogen (secondary N) is 2. The molecule has 3 heterocycles. The number of aliphatic carboxylic acids is 1. The molecule has 0 bridgehead atoms. The van der Waals surface area contributed by atoms with Crippen LogP contribution in [-0.2, 0) is 23.2 Å². The number of para-hydroxylation sites is 2. The Labute approximate surface area is 220 Å². The average Bonchev–Trinajstić information content (AvgIpc) is 3.25. The van der Waals surface area contributed by atoms with Gasteiger partial charge in [-0.25, -0.2) is 4.79 Å². The third-order valence-corrected chi connectivity index (χ3v) is 5.38. The lowest BCUT2D eigenvalue weighted by molar-refractivity contribution is -0.192. The molecule has 15 heteroatoms. The van der Waals surface area contributed by atoms with Crippen LogP contribution < -0.4 is 25.8 Å². The quantitative estimate of drug-likeness (QED) is 0.407. The van der Waals surface area contributed by atoms with Crippen molar-refractivity contribution in [2.45, 2.75) is 26.6 Å². The van der Waals surface area contributed by atoms with Gasteiger partial charge in [0, 0.05) is 40.2 Å². The molecule has 0 spiro atoms.